The Morgan fingerprint density at radius 3 is 2.80 bits per heavy atom. The molecule has 1 heterocycles. The number of hydrogen-bond acceptors (Lipinski definition) is 3. The SMILES string of the molecule is C=Cc1cc(CC(=O)N2CCC(NC(=O)OC(C)(C)C)C2)ccc1F. The third kappa shape index (κ3) is 5.59. The largest absolute Gasteiger partial charge is 0.444 e. The maximum Gasteiger partial charge on any atom is 0.407 e. The van der Waals surface area contributed by atoms with Crippen LogP contribution in [-0.2, 0) is 16.0 Å². The van der Waals surface area contributed by atoms with E-state index in [9.17, 15) is 14.0 Å². The molecule has 1 saturated heterocycles. The highest BCUT2D eigenvalue weighted by Gasteiger charge is 2.28. The van der Waals surface area contributed by atoms with Crippen molar-refractivity contribution in [3.8, 4) is 0 Å². The van der Waals surface area contributed by atoms with Crippen molar-refractivity contribution in [2.45, 2.75) is 45.3 Å². The summed E-state index contributed by atoms with van der Waals surface area (Å²) in [5, 5.41) is 2.79. The standard InChI is InChI=1S/C19H25FN2O3/c1-5-14-10-13(6-7-16(14)20)11-17(23)22-9-8-15(12-22)21-18(24)25-19(2,3)4/h5-7,10,15H,1,8-9,11-12H2,2-4H3,(H,21,24). The van der Waals surface area contributed by atoms with Crippen LogP contribution < -0.4 is 5.32 Å². The van der Waals surface area contributed by atoms with Crippen LogP contribution in [0.25, 0.3) is 6.08 Å². The first-order chi connectivity index (χ1) is 11.7. The fraction of sp³-hybridized carbons (Fsp3) is 0.474. The van der Waals surface area contributed by atoms with E-state index in [1.165, 1.54) is 12.1 Å². The van der Waals surface area contributed by atoms with Gasteiger partial charge in [-0.15, -0.1) is 0 Å². The van der Waals surface area contributed by atoms with Gasteiger partial charge in [0.15, 0.2) is 0 Å². The minimum absolute atomic E-state index is 0.0462. The molecule has 2 amide bonds. The normalized spacial score (nSPS) is 17.3. The quantitative estimate of drug-likeness (QED) is 0.909. The summed E-state index contributed by atoms with van der Waals surface area (Å²) in [6, 6.07) is 4.46. The summed E-state index contributed by atoms with van der Waals surface area (Å²) < 4.78 is 18.7. The molecule has 0 aromatic heterocycles. The van der Waals surface area contributed by atoms with Crippen LogP contribution in [0.5, 0.6) is 0 Å². The number of amides is 2. The fourth-order valence-electron chi connectivity index (χ4n) is 2.72. The summed E-state index contributed by atoms with van der Waals surface area (Å²) >= 11 is 0. The Hall–Kier alpha value is -2.37. The van der Waals surface area contributed by atoms with Gasteiger partial charge in [0.2, 0.25) is 5.91 Å². The Bertz CT molecular complexity index is 667. The van der Waals surface area contributed by atoms with Gasteiger partial charge in [0, 0.05) is 18.7 Å². The number of alkyl carbamates (subject to hydrolysis) is 1. The molecule has 1 aliphatic heterocycles. The molecule has 1 aromatic carbocycles. The lowest BCUT2D eigenvalue weighted by Gasteiger charge is -2.22. The fourth-order valence-corrected chi connectivity index (χ4v) is 2.72. The van der Waals surface area contributed by atoms with E-state index in [4.69, 9.17) is 4.74 Å². The van der Waals surface area contributed by atoms with E-state index < -0.39 is 11.7 Å². The van der Waals surface area contributed by atoms with Gasteiger partial charge >= 0.3 is 6.09 Å². The highest BCUT2D eigenvalue weighted by atomic mass is 19.1. The number of halogens is 1. The van der Waals surface area contributed by atoms with E-state index in [1.54, 1.807) is 37.8 Å². The van der Waals surface area contributed by atoms with Gasteiger partial charge in [0.25, 0.3) is 0 Å². The Kier molecular flexibility index (Phi) is 5.82. The van der Waals surface area contributed by atoms with Crippen LogP contribution in [0.4, 0.5) is 9.18 Å². The van der Waals surface area contributed by atoms with E-state index in [-0.39, 0.29) is 24.2 Å². The highest BCUT2D eigenvalue weighted by molar-refractivity contribution is 5.79. The maximum atomic E-state index is 13.5. The van der Waals surface area contributed by atoms with E-state index in [2.05, 4.69) is 11.9 Å². The number of carbonyl (C=O) groups is 2. The average Bonchev–Trinajstić information content (AvgIpc) is 2.95. The third-order valence-electron chi connectivity index (χ3n) is 3.90. The minimum Gasteiger partial charge on any atom is -0.444 e. The Morgan fingerprint density at radius 1 is 1.44 bits per heavy atom. The van der Waals surface area contributed by atoms with Gasteiger partial charge < -0.3 is 15.0 Å². The number of ether oxygens (including phenoxy) is 1. The molecule has 1 N–H and O–H groups in total. The first-order valence-corrected chi connectivity index (χ1v) is 8.36. The average molecular weight is 348 g/mol. The van der Waals surface area contributed by atoms with Crippen molar-refractivity contribution in [1.82, 2.24) is 10.2 Å². The van der Waals surface area contributed by atoms with Crippen LogP contribution in [0, 0.1) is 5.82 Å². The zero-order chi connectivity index (χ0) is 18.6. The van der Waals surface area contributed by atoms with Crippen molar-refractivity contribution in [3.05, 3.63) is 41.7 Å². The lowest BCUT2D eigenvalue weighted by molar-refractivity contribution is -0.129. The smallest absolute Gasteiger partial charge is 0.407 e. The summed E-state index contributed by atoms with van der Waals surface area (Å²) in [6.07, 6.45) is 1.84. The number of benzene rings is 1. The van der Waals surface area contributed by atoms with Crippen molar-refractivity contribution in [3.63, 3.8) is 0 Å². The summed E-state index contributed by atoms with van der Waals surface area (Å²) in [5.74, 6) is -0.399. The van der Waals surface area contributed by atoms with Gasteiger partial charge in [-0.1, -0.05) is 18.7 Å². The van der Waals surface area contributed by atoms with Gasteiger partial charge in [-0.3, -0.25) is 4.79 Å². The van der Waals surface area contributed by atoms with Crippen LogP contribution in [0.3, 0.4) is 0 Å². The third-order valence-corrected chi connectivity index (χ3v) is 3.90. The predicted octanol–water partition coefficient (Wildman–Crippen LogP) is 3.14. The molecule has 0 aliphatic carbocycles. The van der Waals surface area contributed by atoms with E-state index in [0.29, 0.717) is 25.1 Å². The minimum atomic E-state index is -0.552. The van der Waals surface area contributed by atoms with Crippen molar-refractivity contribution in [1.29, 1.82) is 0 Å². The highest BCUT2D eigenvalue weighted by Crippen LogP contribution is 2.16. The summed E-state index contributed by atoms with van der Waals surface area (Å²) in [4.78, 5) is 25.9. The number of nitrogens with zero attached hydrogens (tertiary/aromatic N) is 1. The Balaban J connectivity index is 1.88. The zero-order valence-corrected chi connectivity index (χ0v) is 15.0. The molecule has 1 unspecified atom stereocenters. The molecule has 0 radical (unpaired) electrons. The molecular formula is C19H25FN2O3. The molecule has 0 bridgehead atoms. The summed E-state index contributed by atoms with van der Waals surface area (Å²) in [7, 11) is 0. The molecule has 136 valence electrons. The van der Waals surface area contributed by atoms with E-state index in [0.717, 1.165) is 5.56 Å². The summed E-state index contributed by atoms with van der Waals surface area (Å²) in [5.41, 5.74) is 0.574. The number of carbonyl (C=O) groups excluding carboxylic acids is 2. The van der Waals surface area contributed by atoms with Gasteiger partial charge in [0.1, 0.15) is 11.4 Å². The second-order valence-corrected chi connectivity index (χ2v) is 7.21. The van der Waals surface area contributed by atoms with Crippen LogP contribution in [0.15, 0.2) is 24.8 Å². The molecule has 5 nitrogen and oxygen atoms in total. The molecule has 25 heavy (non-hydrogen) atoms. The van der Waals surface area contributed by atoms with Gasteiger partial charge in [-0.05, 0) is 44.9 Å². The molecule has 2 rings (SSSR count). The lowest BCUT2D eigenvalue weighted by atomic mass is 10.1. The molecule has 0 spiro atoms. The Labute approximate surface area is 147 Å². The van der Waals surface area contributed by atoms with Crippen molar-refractivity contribution < 1.29 is 18.7 Å². The van der Waals surface area contributed by atoms with Gasteiger partial charge in [-0.25, -0.2) is 9.18 Å². The van der Waals surface area contributed by atoms with E-state index >= 15 is 0 Å². The Morgan fingerprint density at radius 2 is 2.16 bits per heavy atom. The van der Waals surface area contributed by atoms with Crippen molar-refractivity contribution in [2.75, 3.05) is 13.1 Å². The number of likely N-dealkylation sites (tertiary alicyclic amines) is 1. The van der Waals surface area contributed by atoms with Crippen LogP contribution in [-0.4, -0.2) is 41.6 Å². The van der Waals surface area contributed by atoms with Gasteiger partial charge in [-0.2, -0.15) is 0 Å². The molecule has 1 aliphatic rings. The summed E-state index contributed by atoms with van der Waals surface area (Å²) in [6.45, 7) is 10.0. The number of hydrogen-bond donors (Lipinski definition) is 1. The van der Waals surface area contributed by atoms with Crippen LogP contribution in [0.1, 0.15) is 38.3 Å². The second kappa shape index (κ2) is 7.68. The van der Waals surface area contributed by atoms with Gasteiger partial charge in [0.05, 0.1) is 12.5 Å². The van der Waals surface area contributed by atoms with E-state index in [1.807, 2.05) is 0 Å². The first-order valence-electron chi connectivity index (χ1n) is 8.36. The monoisotopic (exact) mass is 348 g/mol. The zero-order valence-electron chi connectivity index (χ0n) is 15.0. The number of nitrogens with one attached hydrogen (secondary N) is 1. The number of rotatable bonds is 4. The molecule has 1 fully saturated rings. The molecule has 1 atom stereocenters. The van der Waals surface area contributed by atoms with Crippen molar-refractivity contribution in [2.24, 2.45) is 0 Å². The molecule has 6 heteroatoms. The molecular weight excluding hydrogens is 323 g/mol. The van der Waals surface area contributed by atoms with Crippen LogP contribution in [0.2, 0.25) is 0 Å². The maximum absolute atomic E-state index is 13.5. The topological polar surface area (TPSA) is 58.6 Å². The predicted molar refractivity (Wildman–Crippen MR) is 94.5 cm³/mol. The molecule has 0 saturated carbocycles. The molecule has 1 aromatic rings. The first kappa shape index (κ1) is 19.0. The lowest BCUT2D eigenvalue weighted by Crippen LogP contribution is -2.41. The van der Waals surface area contributed by atoms with Crippen molar-refractivity contribution >= 4 is 18.1 Å². The van der Waals surface area contributed by atoms with Crippen LogP contribution >= 0.6 is 0 Å². The second-order valence-electron chi connectivity index (χ2n) is 7.21.